The Morgan fingerprint density at radius 1 is 1.25 bits per heavy atom. The number of imidazole rings is 1. The van der Waals surface area contributed by atoms with Gasteiger partial charge in [0, 0.05) is 29.8 Å². The van der Waals surface area contributed by atoms with Crippen LogP contribution in [0.25, 0.3) is 5.65 Å². The monoisotopic (exact) mass is 266 g/mol. The molecule has 3 heterocycles. The molecule has 0 atom stereocenters. The van der Waals surface area contributed by atoms with Crippen LogP contribution in [0.4, 0.5) is 0 Å². The van der Waals surface area contributed by atoms with E-state index in [4.69, 9.17) is 0 Å². The van der Waals surface area contributed by atoms with Gasteiger partial charge in [-0.3, -0.25) is 9.78 Å². The lowest BCUT2D eigenvalue weighted by atomic mass is 10.2. The first-order valence-electron chi connectivity index (χ1n) is 6.36. The van der Waals surface area contributed by atoms with Crippen molar-refractivity contribution in [1.82, 2.24) is 19.7 Å². The highest BCUT2D eigenvalue weighted by molar-refractivity contribution is 5.93. The Labute approximate surface area is 116 Å². The van der Waals surface area contributed by atoms with E-state index in [1.165, 1.54) is 0 Å². The molecule has 0 bridgehead atoms. The number of carbonyl (C=O) groups excluding carboxylic acids is 1. The number of hydrogen-bond donors (Lipinski definition) is 1. The highest BCUT2D eigenvalue weighted by Crippen LogP contribution is 2.08. The first-order valence-corrected chi connectivity index (χ1v) is 6.36. The molecular formula is C15H14N4O. The summed E-state index contributed by atoms with van der Waals surface area (Å²) in [6.45, 7) is 2.43. The lowest BCUT2D eigenvalue weighted by Crippen LogP contribution is -2.22. The summed E-state index contributed by atoms with van der Waals surface area (Å²) in [6, 6.07) is 9.30. The van der Waals surface area contributed by atoms with Gasteiger partial charge in [-0.05, 0) is 31.2 Å². The lowest BCUT2D eigenvalue weighted by Gasteiger charge is -2.02. The van der Waals surface area contributed by atoms with Gasteiger partial charge in [-0.2, -0.15) is 0 Å². The second-order valence-electron chi connectivity index (χ2n) is 4.55. The number of rotatable bonds is 3. The van der Waals surface area contributed by atoms with E-state index in [0.29, 0.717) is 12.1 Å². The Morgan fingerprint density at radius 2 is 2.05 bits per heavy atom. The fourth-order valence-electron chi connectivity index (χ4n) is 2.06. The van der Waals surface area contributed by atoms with Crippen LogP contribution in [0.2, 0.25) is 0 Å². The molecule has 0 radical (unpaired) electrons. The van der Waals surface area contributed by atoms with Crippen molar-refractivity contribution in [2.45, 2.75) is 13.5 Å². The Hall–Kier alpha value is -2.69. The van der Waals surface area contributed by atoms with Gasteiger partial charge in [0.05, 0.1) is 12.2 Å². The van der Waals surface area contributed by atoms with Crippen molar-refractivity contribution in [2.75, 3.05) is 0 Å². The largest absolute Gasteiger partial charge is 0.346 e. The van der Waals surface area contributed by atoms with Crippen LogP contribution in [-0.2, 0) is 6.54 Å². The molecule has 0 saturated heterocycles. The number of nitrogens with one attached hydrogen (secondary N) is 1. The van der Waals surface area contributed by atoms with E-state index in [0.717, 1.165) is 17.0 Å². The zero-order valence-electron chi connectivity index (χ0n) is 11.1. The summed E-state index contributed by atoms with van der Waals surface area (Å²) in [5.74, 6) is -0.124. The molecule has 1 N–H and O–H groups in total. The Kier molecular flexibility index (Phi) is 3.16. The third-order valence-electron chi connectivity index (χ3n) is 3.12. The van der Waals surface area contributed by atoms with Crippen molar-refractivity contribution in [2.24, 2.45) is 0 Å². The molecule has 0 spiro atoms. The molecule has 0 aliphatic heterocycles. The maximum atomic E-state index is 11.9. The fraction of sp³-hybridized carbons (Fsp3) is 0.133. The number of amides is 1. The molecule has 0 unspecified atom stereocenters. The van der Waals surface area contributed by atoms with E-state index in [9.17, 15) is 4.79 Å². The highest BCUT2D eigenvalue weighted by Gasteiger charge is 2.07. The molecule has 0 aliphatic rings. The van der Waals surface area contributed by atoms with Gasteiger partial charge in [-0.15, -0.1) is 0 Å². The number of carbonyl (C=O) groups is 1. The number of nitrogens with zero attached hydrogens (tertiary/aromatic N) is 3. The van der Waals surface area contributed by atoms with Gasteiger partial charge in [0.25, 0.3) is 5.91 Å². The number of aromatic nitrogens is 3. The van der Waals surface area contributed by atoms with Crippen LogP contribution in [0.3, 0.4) is 0 Å². The zero-order chi connectivity index (χ0) is 13.9. The summed E-state index contributed by atoms with van der Waals surface area (Å²) in [4.78, 5) is 20.3. The van der Waals surface area contributed by atoms with E-state index in [-0.39, 0.29) is 5.91 Å². The summed E-state index contributed by atoms with van der Waals surface area (Å²) in [5, 5.41) is 2.85. The van der Waals surface area contributed by atoms with Crippen LogP contribution >= 0.6 is 0 Å². The van der Waals surface area contributed by atoms with Gasteiger partial charge in [0.2, 0.25) is 0 Å². The molecule has 0 aliphatic carbocycles. The van der Waals surface area contributed by atoms with Crippen molar-refractivity contribution >= 4 is 11.6 Å². The standard InChI is InChI=1S/C15H14N4O/c1-11-3-2-4-14-18-13(10-19(11)14)9-17-15(20)12-5-7-16-8-6-12/h2-8,10H,9H2,1H3,(H,17,20). The molecule has 0 fully saturated rings. The minimum atomic E-state index is -0.124. The van der Waals surface area contributed by atoms with Crippen molar-refractivity contribution < 1.29 is 4.79 Å². The van der Waals surface area contributed by atoms with Crippen LogP contribution in [-0.4, -0.2) is 20.3 Å². The molecule has 0 aromatic carbocycles. The predicted octanol–water partition coefficient (Wildman–Crippen LogP) is 1.97. The lowest BCUT2D eigenvalue weighted by molar-refractivity contribution is 0.0950. The minimum absolute atomic E-state index is 0.124. The quantitative estimate of drug-likeness (QED) is 0.788. The highest BCUT2D eigenvalue weighted by atomic mass is 16.1. The van der Waals surface area contributed by atoms with Crippen molar-refractivity contribution in [3.8, 4) is 0 Å². The third kappa shape index (κ3) is 2.38. The summed E-state index contributed by atoms with van der Waals surface area (Å²) < 4.78 is 2.01. The van der Waals surface area contributed by atoms with Crippen LogP contribution < -0.4 is 5.32 Å². The Morgan fingerprint density at radius 3 is 2.80 bits per heavy atom. The number of fused-ring (bicyclic) bond motifs is 1. The second kappa shape index (κ2) is 5.13. The molecule has 1 amide bonds. The van der Waals surface area contributed by atoms with E-state index >= 15 is 0 Å². The number of pyridine rings is 2. The summed E-state index contributed by atoms with van der Waals surface area (Å²) in [5.41, 5.74) is 3.43. The van der Waals surface area contributed by atoms with E-state index < -0.39 is 0 Å². The summed E-state index contributed by atoms with van der Waals surface area (Å²) >= 11 is 0. The first kappa shape index (κ1) is 12.3. The van der Waals surface area contributed by atoms with E-state index in [1.54, 1.807) is 24.5 Å². The molecule has 100 valence electrons. The SMILES string of the molecule is Cc1cccc2nc(CNC(=O)c3ccncc3)cn12. The van der Waals surface area contributed by atoms with Crippen molar-refractivity contribution in [3.63, 3.8) is 0 Å². The molecule has 3 aromatic heterocycles. The van der Waals surface area contributed by atoms with Gasteiger partial charge in [-0.1, -0.05) is 6.07 Å². The molecular weight excluding hydrogens is 252 g/mol. The number of hydrogen-bond acceptors (Lipinski definition) is 3. The smallest absolute Gasteiger partial charge is 0.251 e. The topological polar surface area (TPSA) is 59.3 Å². The van der Waals surface area contributed by atoms with Crippen molar-refractivity contribution in [3.05, 3.63) is 65.9 Å². The average Bonchev–Trinajstić information content (AvgIpc) is 2.90. The predicted molar refractivity (Wildman–Crippen MR) is 75.3 cm³/mol. The minimum Gasteiger partial charge on any atom is -0.346 e. The third-order valence-corrected chi connectivity index (χ3v) is 3.12. The van der Waals surface area contributed by atoms with Crippen LogP contribution in [0.15, 0.2) is 48.9 Å². The van der Waals surface area contributed by atoms with Gasteiger partial charge < -0.3 is 9.72 Å². The maximum absolute atomic E-state index is 11.9. The molecule has 3 rings (SSSR count). The fourth-order valence-corrected chi connectivity index (χ4v) is 2.06. The van der Waals surface area contributed by atoms with E-state index in [1.807, 2.05) is 35.7 Å². The van der Waals surface area contributed by atoms with Crippen molar-refractivity contribution in [1.29, 1.82) is 0 Å². The van der Waals surface area contributed by atoms with Crippen LogP contribution in [0.1, 0.15) is 21.7 Å². The molecule has 5 nitrogen and oxygen atoms in total. The normalized spacial score (nSPS) is 10.7. The summed E-state index contributed by atoms with van der Waals surface area (Å²) in [6.07, 6.45) is 5.14. The summed E-state index contributed by atoms with van der Waals surface area (Å²) in [7, 11) is 0. The average molecular weight is 266 g/mol. The molecule has 20 heavy (non-hydrogen) atoms. The molecule has 0 saturated carbocycles. The molecule has 3 aromatic rings. The van der Waals surface area contributed by atoms with Gasteiger partial charge in [0.1, 0.15) is 5.65 Å². The second-order valence-corrected chi connectivity index (χ2v) is 4.55. The molecule has 5 heteroatoms. The van der Waals surface area contributed by atoms with Gasteiger partial charge in [0.15, 0.2) is 0 Å². The van der Waals surface area contributed by atoms with Crippen LogP contribution in [0.5, 0.6) is 0 Å². The Bertz CT molecular complexity index is 749. The Balaban J connectivity index is 1.74. The first-order chi connectivity index (χ1) is 9.74. The zero-order valence-corrected chi connectivity index (χ0v) is 11.1. The van der Waals surface area contributed by atoms with E-state index in [2.05, 4.69) is 15.3 Å². The van der Waals surface area contributed by atoms with Gasteiger partial charge >= 0.3 is 0 Å². The van der Waals surface area contributed by atoms with Crippen LogP contribution in [0, 0.1) is 6.92 Å². The maximum Gasteiger partial charge on any atom is 0.251 e. The number of aryl methyl sites for hydroxylation is 1. The van der Waals surface area contributed by atoms with Gasteiger partial charge in [-0.25, -0.2) is 4.98 Å².